The van der Waals surface area contributed by atoms with Crippen LogP contribution in [0.1, 0.15) is 29.8 Å². The summed E-state index contributed by atoms with van der Waals surface area (Å²) >= 11 is 0. The van der Waals surface area contributed by atoms with Crippen molar-refractivity contribution in [2.75, 3.05) is 19.5 Å². The smallest absolute Gasteiger partial charge is 0.360 e. The van der Waals surface area contributed by atoms with E-state index in [-0.39, 0.29) is 16.8 Å². The Labute approximate surface area is 207 Å². The van der Waals surface area contributed by atoms with Crippen molar-refractivity contribution < 1.29 is 38.4 Å². The number of nitrogens with one attached hydrogen (secondary N) is 1. The maximum Gasteiger partial charge on any atom is 0.360 e. The zero-order valence-electron chi connectivity index (χ0n) is 20.6. The molecule has 1 aromatic heterocycles. The highest BCUT2D eigenvalue weighted by Gasteiger charge is 2.50. The second kappa shape index (κ2) is 9.90. The molecule has 36 heavy (non-hydrogen) atoms. The number of hydrogen-bond donors (Lipinski definition) is 3. The van der Waals surface area contributed by atoms with E-state index in [2.05, 4.69) is 5.32 Å². The van der Waals surface area contributed by atoms with Gasteiger partial charge in [0.05, 0.1) is 18.3 Å². The number of aryl methyl sites for hydroxylation is 1. The predicted octanol–water partition coefficient (Wildman–Crippen LogP) is 2.61. The number of rotatable bonds is 6. The van der Waals surface area contributed by atoms with E-state index in [9.17, 15) is 19.8 Å². The second-order valence-electron chi connectivity index (χ2n) is 9.05. The normalized spacial score (nSPS) is 23.3. The lowest BCUT2D eigenvalue weighted by Gasteiger charge is -2.46. The zero-order valence-corrected chi connectivity index (χ0v) is 20.6. The minimum absolute atomic E-state index is 0.0343. The highest BCUT2D eigenvalue weighted by Crippen LogP contribution is 2.35. The summed E-state index contributed by atoms with van der Waals surface area (Å²) in [5.74, 6) is 0.143. The molecule has 4 rings (SSSR count). The Balaban J connectivity index is 1.61. The topological polar surface area (TPSA) is 137 Å². The van der Waals surface area contributed by atoms with Crippen molar-refractivity contribution in [3.05, 3.63) is 64.0 Å². The summed E-state index contributed by atoms with van der Waals surface area (Å²) in [5, 5.41) is 24.1. The third kappa shape index (κ3) is 4.68. The number of hydrogen-bond acceptors (Lipinski definition) is 9. The van der Waals surface area contributed by atoms with Crippen LogP contribution in [0.3, 0.4) is 0 Å². The Bertz CT molecular complexity index is 1330. The molecule has 1 aliphatic rings. The molecule has 0 spiro atoms. The number of carbonyl (C=O) groups is 1. The van der Waals surface area contributed by atoms with Crippen LogP contribution in [-0.2, 0) is 9.47 Å². The van der Waals surface area contributed by atoms with E-state index in [0.717, 1.165) is 0 Å². The summed E-state index contributed by atoms with van der Waals surface area (Å²) < 4.78 is 27.8. The molecule has 10 heteroatoms. The van der Waals surface area contributed by atoms with Crippen molar-refractivity contribution in [1.82, 2.24) is 0 Å². The average Bonchev–Trinajstić information content (AvgIpc) is 2.85. The van der Waals surface area contributed by atoms with Crippen LogP contribution in [0, 0.1) is 6.92 Å². The Morgan fingerprint density at radius 3 is 2.47 bits per heavy atom. The molecule has 0 unspecified atom stereocenters. The molecule has 2 heterocycles. The van der Waals surface area contributed by atoms with Gasteiger partial charge in [0.1, 0.15) is 41.1 Å². The van der Waals surface area contributed by atoms with Gasteiger partial charge in [0.2, 0.25) is 6.29 Å². The maximum atomic E-state index is 12.7. The lowest BCUT2D eigenvalue weighted by molar-refractivity contribution is -0.306. The van der Waals surface area contributed by atoms with Gasteiger partial charge in [0.25, 0.3) is 5.91 Å². The first-order chi connectivity index (χ1) is 17.1. The molecule has 0 saturated carbocycles. The minimum atomic E-state index is -1.38. The number of benzene rings is 2. The van der Waals surface area contributed by atoms with Gasteiger partial charge >= 0.3 is 5.63 Å². The molecular weight excluding hydrogens is 470 g/mol. The zero-order chi connectivity index (χ0) is 26.2. The quantitative estimate of drug-likeness (QED) is 0.437. The number of aliphatic hydroxyl groups is 2. The molecule has 192 valence electrons. The molecule has 0 radical (unpaired) electrons. The molecule has 3 aromatic rings. The number of para-hydroxylation sites is 1. The van der Waals surface area contributed by atoms with Crippen LogP contribution in [0.15, 0.2) is 51.7 Å². The van der Waals surface area contributed by atoms with Crippen LogP contribution in [0.5, 0.6) is 11.5 Å². The van der Waals surface area contributed by atoms with Gasteiger partial charge in [-0.25, -0.2) is 4.79 Å². The van der Waals surface area contributed by atoms with Crippen LogP contribution >= 0.6 is 0 Å². The van der Waals surface area contributed by atoms with E-state index < -0.39 is 41.7 Å². The van der Waals surface area contributed by atoms with Gasteiger partial charge in [-0.1, -0.05) is 12.1 Å². The van der Waals surface area contributed by atoms with Crippen LogP contribution in [0.4, 0.5) is 5.69 Å². The fourth-order valence-electron chi connectivity index (χ4n) is 4.37. The standard InChI is InChI=1S/C26H29NO9/c1-13-17(34-25-20(29)19(28)22(33-5)26(2,3)36-25)11-10-14-12-16(24(31)35-21(13)14)27-23(30)15-8-6-7-9-18(15)32-4/h6-12,19-20,22,25,28-29H,1-5H3,(H,27,30)/t19-,20+,22+,25+/m0/s1. The summed E-state index contributed by atoms with van der Waals surface area (Å²) in [6, 6.07) is 11.4. The average molecular weight is 500 g/mol. The van der Waals surface area contributed by atoms with Gasteiger partial charge in [0.15, 0.2) is 0 Å². The van der Waals surface area contributed by atoms with Gasteiger partial charge in [-0.3, -0.25) is 4.79 Å². The molecule has 3 N–H and O–H groups in total. The number of ether oxygens (including phenoxy) is 4. The number of aliphatic hydroxyl groups excluding tert-OH is 2. The van der Waals surface area contributed by atoms with Crippen molar-refractivity contribution in [3.63, 3.8) is 0 Å². The van der Waals surface area contributed by atoms with Crippen LogP contribution in [-0.4, -0.2) is 60.5 Å². The van der Waals surface area contributed by atoms with E-state index in [0.29, 0.717) is 22.4 Å². The fraction of sp³-hybridized carbons (Fsp3) is 0.385. The largest absolute Gasteiger partial charge is 0.496 e. The molecule has 0 aliphatic carbocycles. The van der Waals surface area contributed by atoms with Gasteiger partial charge in [0, 0.05) is 18.1 Å². The third-order valence-corrected chi connectivity index (χ3v) is 6.24. The Hall–Kier alpha value is -3.44. The number of amides is 1. The maximum absolute atomic E-state index is 12.7. The Kier molecular flexibility index (Phi) is 7.05. The molecular formula is C26H29NO9. The molecule has 1 saturated heterocycles. The van der Waals surface area contributed by atoms with Crippen molar-refractivity contribution in [2.24, 2.45) is 0 Å². The molecule has 1 aliphatic heterocycles. The van der Waals surface area contributed by atoms with Crippen LogP contribution < -0.4 is 20.4 Å². The fourth-order valence-corrected chi connectivity index (χ4v) is 4.37. The first-order valence-electron chi connectivity index (χ1n) is 11.3. The first kappa shape index (κ1) is 25.6. The summed E-state index contributed by atoms with van der Waals surface area (Å²) in [7, 11) is 2.88. The predicted molar refractivity (Wildman–Crippen MR) is 131 cm³/mol. The summed E-state index contributed by atoms with van der Waals surface area (Å²) in [6.07, 6.45) is -4.56. The van der Waals surface area contributed by atoms with E-state index in [1.807, 2.05) is 0 Å². The SMILES string of the molecule is COc1ccccc1C(=O)Nc1cc2ccc(O[C@@H]3OC(C)(C)[C@H](OC)[C@@H](O)[C@H]3O)c(C)c2oc1=O. The van der Waals surface area contributed by atoms with Crippen LogP contribution in [0.25, 0.3) is 11.0 Å². The summed E-state index contributed by atoms with van der Waals surface area (Å²) in [5.41, 5.74) is -0.736. The van der Waals surface area contributed by atoms with Crippen molar-refractivity contribution in [2.45, 2.75) is 51.0 Å². The molecule has 0 bridgehead atoms. The Morgan fingerprint density at radius 1 is 1.06 bits per heavy atom. The van der Waals surface area contributed by atoms with Crippen molar-refractivity contribution in [1.29, 1.82) is 0 Å². The monoisotopic (exact) mass is 499 g/mol. The highest BCUT2D eigenvalue weighted by atomic mass is 16.7. The van der Waals surface area contributed by atoms with Crippen LogP contribution in [0.2, 0.25) is 0 Å². The van der Waals surface area contributed by atoms with Crippen molar-refractivity contribution in [3.8, 4) is 11.5 Å². The third-order valence-electron chi connectivity index (χ3n) is 6.24. The van der Waals surface area contributed by atoms with Gasteiger partial charge < -0.3 is 38.9 Å². The molecule has 2 aromatic carbocycles. The summed E-state index contributed by atoms with van der Waals surface area (Å²) in [4.78, 5) is 25.4. The van der Waals surface area contributed by atoms with E-state index in [1.54, 1.807) is 57.2 Å². The van der Waals surface area contributed by atoms with E-state index >= 15 is 0 Å². The molecule has 4 atom stereocenters. The molecule has 10 nitrogen and oxygen atoms in total. The van der Waals surface area contributed by atoms with Crippen molar-refractivity contribution >= 4 is 22.6 Å². The van der Waals surface area contributed by atoms with E-state index in [4.69, 9.17) is 23.4 Å². The molecule has 1 fully saturated rings. The second-order valence-corrected chi connectivity index (χ2v) is 9.05. The minimum Gasteiger partial charge on any atom is -0.496 e. The Morgan fingerprint density at radius 2 is 1.78 bits per heavy atom. The molecule has 1 amide bonds. The van der Waals surface area contributed by atoms with Gasteiger partial charge in [-0.05, 0) is 51.1 Å². The first-order valence-corrected chi connectivity index (χ1v) is 11.3. The summed E-state index contributed by atoms with van der Waals surface area (Å²) in [6.45, 7) is 5.13. The van der Waals surface area contributed by atoms with Gasteiger partial charge in [-0.15, -0.1) is 0 Å². The van der Waals surface area contributed by atoms with E-state index in [1.165, 1.54) is 20.3 Å². The number of fused-ring (bicyclic) bond motifs is 1. The number of methoxy groups -OCH3 is 2. The number of anilines is 1. The lowest BCUT2D eigenvalue weighted by atomic mass is 9.89. The highest BCUT2D eigenvalue weighted by molar-refractivity contribution is 6.06. The lowest BCUT2D eigenvalue weighted by Crippen LogP contribution is -2.63. The number of carbonyl (C=O) groups excluding carboxylic acids is 1. The van der Waals surface area contributed by atoms with Gasteiger partial charge in [-0.2, -0.15) is 0 Å².